The first kappa shape index (κ1) is 4.49. The Morgan fingerprint density at radius 3 is 2.25 bits per heavy atom. The predicted octanol–water partition coefficient (Wildman–Crippen LogP) is 5.00. The van der Waals surface area contributed by atoms with Crippen molar-refractivity contribution >= 4 is 21.8 Å². The van der Waals surface area contributed by atoms with Crippen LogP contribution in [0.5, 0.6) is 0 Å². The molecule has 4 rings (SSSR count). The van der Waals surface area contributed by atoms with E-state index in [0.29, 0.717) is 0 Å². The molecule has 0 N–H and O–H groups in total. The number of fused-ring (bicyclic) bond motifs is 3. The molecule has 4 aromatic rings. The van der Waals surface area contributed by atoms with Gasteiger partial charge in [0.2, 0.25) is 0 Å². The Labute approximate surface area is 134 Å². The van der Waals surface area contributed by atoms with Crippen LogP contribution in [0.25, 0.3) is 32.9 Å². The van der Waals surface area contributed by atoms with Gasteiger partial charge in [-0.15, -0.1) is 0 Å². The quantitative estimate of drug-likeness (QED) is 0.458. The van der Waals surface area contributed by atoms with Gasteiger partial charge in [0.25, 0.3) is 0 Å². The predicted molar refractivity (Wildman–Crippen MR) is 85.9 cm³/mol. The number of aryl methyl sites for hydroxylation is 1. The van der Waals surface area contributed by atoms with E-state index < -0.39 is 72.0 Å². The summed E-state index contributed by atoms with van der Waals surface area (Å²) in [6, 6.07) is -6.39. The molecule has 1 nitrogen and oxygen atoms in total. The highest BCUT2D eigenvalue weighted by Gasteiger charge is 2.08. The van der Waals surface area contributed by atoms with Crippen LogP contribution in [0, 0.1) is 0 Å². The van der Waals surface area contributed by atoms with Crippen LogP contribution < -0.4 is 0 Å². The van der Waals surface area contributed by atoms with Gasteiger partial charge in [-0.25, -0.2) is 0 Å². The molecule has 0 amide bonds. The van der Waals surface area contributed by atoms with Gasteiger partial charge < -0.3 is 4.57 Å². The Kier molecular flexibility index (Phi) is 0.952. The zero-order chi connectivity index (χ0) is 24.0. The highest BCUT2D eigenvalue weighted by molar-refractivity contribution is 6.09. The standard InChI is InChI=1S/C19H15N/c1-20-18-10-6-5-9-16(18)17-13-15(11-12-19(17)20)14-7-3-2-4-8-14/h2-13H,1H3/i2D,3D,4D,5D,6D,7D,8D,9D,10D,11D,12D,13D. The molecule has 1 aromatic heterocycles. The largest absolute Gasteiger partial charge is 0.344 e. The van der Waals surface area contributed by atoms with E-state index >= 15 is 0 Å². The molecule has 3 aromatic carbocycles. The normalized spacial score (nSPS) is 19.6. The number of rotatable bonds is 1. The zero-order valence-electron chi connectivity index (χ0n) is 22.4. The molecule has 0 aliphatic rings. The third-order valence-electron chi connectivity index (χ3n) is 3.13. The molecule has 0 atom stereocenters. The third-order valence-corrected chi connectivity index (χ3v) is 3.13. The molecule has 1 heteroatoms. The van der Waals surface area contributed by atoms with Gasteiger partial charge in [0.1, 0.15) is 0 Å². The van der Waals surface area contributed by atoms with Crippen molar-refractivity contribution in [1.29, 1.82) is 0 Å². The summed E-state index contributed by atoms with van der Waals surface area (Å²) < 4.78 is 99.7. The van der Waals surface area contributed by atoms with Crippen LogP contribution in [0.2, 0.25) is 0 Å². The Morgan fingerprint density at radius 1 is 0.700 bits per heavy atom. The van der Waals surface area contributed by atoms with Crippen molar-refractivity contribution in [3.05, 3.63) is 72.5 Å². The molecule has 1 heterocycles. The number of hydrogen-bond donors (Lipinski definition) is 0. The molecule has 0 aliphatic carbocycles. The Bertz CT molecular complexity index is 1470. The number of para-hydroxylation sites is 1. The van der Waals surface area contributed by atoms with Crippen LogP contribution in [0.15, 0.2) is 72.5 Å². The zero-order valence-corrected chi connectivity index (χ0v) is 10.4. The van der Waals surface area contributed by atoms with Crippen molar-refractivity contribution < 1.29 is 16.4 Å². The molecule has 0 aliphatic heterocycles. The van der Waals surface area contributed by atoms with Crippen molar-refractivity contribution in [1.82, 2.24) is 4.57 Å². The molecular formula is C19H15N. The van der Waals surface area contributed by atoms with Gasteiger partial charge in [-0.3, -0.25) is 0 Å². The van der Waals surface area contributed by atoms with E-state index in [2.05, 4.69) is 0 Å². The lowest BCUT2D eigenvalue weighted by Gasteiger charge is -2.02. The first-order valence-electron chi connectivity index (χ1n) is 11.9. The molecule has 0 fully saturated rings. The first-order valence-corrected chi connectivity index (χ1v) is 5.89. The highest BCUT2D eigenvalue weighted by atomic mass is 14.9. The summed E-state index contributed by atoms with van der Waals surface area (Å²) >= 11 is 0. The van der Waals surface area contributed by atoms with Crippen LogP contribution in [0.4, 0.5) is 0 Å². The van der Waals surface area contributed by atoms with Crippen molar-refractivity contribution in [2.75, 3.05) is 0 Å². The number of benzene rings is 3. The topological polar surface area (TPSA) is 4.93 Å². The van der Waals surface area contributed by atoms with Crippen LogP contribution >= 0.6 is 0 Å². The van der Waals surface area contributed by atoms with Crippen LogP contribution in [0.3, 0.4) is 0 Å². The molecule has 20 heavy (non-hydrogen) atoms. The lowest BCUT2D eigenvalue weighted by molar-refractivity contribution is 1.01. The average Bonchev–Trinajstić information content (AvgIpc) is 3.07. The van der Waals surface area contributed by atoms with E-state index in [4.69, 9.17) is 16.4 Å². The van der Waals surface area contributed by atoms with Gasteiger partial charge in [-0.2, -0.15) is 0 Å². The molecule has 0 bridgehead atoms. The fourth-order valence-corrected chi connectivity index (χ4v) is 2.18. The summed E-state index contributed by atoms with van der Waals surface area (Å²) in [5.74, 6) is 0. The van der Waals surface area contributed by atoms with Gasteiger partial charge in [0.05, 0.1) is 16.4 Å². The van der Waals surface area contributed by atoms with Gasteiger partial charge >= 0.3 is 0 Å². The number of hydrogen-bond acceptors (Lipinski definition) is 0. The van der Waals surface area contributed by atoms with Gasteiger partial charge in [0, 0.05) is 28.9 Å². The first-order chi connectivity index (χ1) is 14.8. The van der Waals surface area contributed by atoms with Gasteiger partial charge in [-0.05, 0) is 29.3 Å². The fourth-order valence-electron chi connectivity index (χ4n) is 2.18. The van der Waals surface area contributed by atoms with Crippen LogP contribution in [-0.2, 0) is 7.05 Å². The summed E-state index contributed by atoms with van der Waals surface area (Å²) in [6.45, 7) is 0. The minimum absolute atomic E-state index is 0.0260. The van der Waals surface area contributed by atoms with Gasteiger partial charge in [-0.1, -0.05) is 54.4 Å². The smallest absolute Gasteiger partial charge is 0.0645 e. The SMILES string of the molecule is [2H]c1c([2H])c([2H])c(-c2c([2H])c([2H])c3c(c2[2H])c2c([2H])c([2H])c([2H])c([2H])c2n3C)c([2H])c1[2H]. The van der Waals surface area contributed by atoms with E-state index in [1.165, 1.54) is 11.6 Å². The van der Waals surface area contributed by atoms with Crippen molar-refractivity contribution in [3.8, 4) is 11.1 Å². The average molecular weight is 269 g/mol. The lowest BCUT2D eigenvalue weighted by atomic mass is 10.0. The van der Waals surface area contributed by atoms with E-state index in [0.717, 1.165) is 0 Å². The maximum absolute atomic E-state index is 8.78. The van der Waals surface area contributed by atoms with E-state index in [9.17, 15) is 0 Å². The molecule has 0 radical (unpaired) electrons. The van der Waals surface area contributed by atoms with Gasteiger partial charge in [0.15, 0.2) is 0 Å². The monoisotopic (exact) mass is 269 g/mol. The third kappa shape index (κ3) is 1.56. The van der Waals surface area contributed by atoms with Crippen LogP contribution in [0.1, 0.15) is 16.4 Å². The number of nitrogens with zero attached hydrogens (tertiary/aromatic N) is 1. The Hall–Kier alpha value is -2.54. The maximum atomic E-state index is 8.78. The molecule has 0 saturated carbocycles. The molecule has 0 unspecified atom stereocenters. The van der Waals surface area contributed by atoms with Crippen molar-refractivity contribution in [2.24, 2.45) is 7.05 Å². The summed E-state index contributed by atoms with van der Waals surface area (Å²) in [5, 5.41) is -0.0714. The lowest BCUT2D eigenvalue weighted by Crippen LogP contribution is -1.85. The summed E-state index contributed by atoms with van der Waals surface area (Å²) in [6.07, 6.45) is 0. The summed E-state index contributed by atoms with van der Waals surface area (Å²) in [7, 11) is 1.46. The molecular weight excluding hydrogens is 242 g/mol. The summed E-state index contributed by atoms with van der Waals surface area (Å²) in [5.41, 5.74) is -0.692. The minimum atomic E-state index is -0.647. The number of aromatic nitrogens is 1. The second kappa shape index (κ2) is 4.24. The van der Waals surface area contributed by atoms with Crippen molar-refractivity contribution in [2.45, 2.75) is 0 Å². The Balaban J connectivity index is 2.35. The second-order valence-electron chi connectivity index (χ2n) is 4.26. The van der Waals surface area contributed by atoms with Crippen LogP contribution in [-0.4, -0.2) is 4.57 Å². The molecule has 0 saturated heterocycles. The fraction of sp³-hybridized carbons (Fsp3) is 0.0526. The minimum Gasteiger partial charge on any atom is -0.344 e. The molecule has 0 spiro atoms. The second-order valence-corrected chi connectivity index (χ2v) is 4.26. The maximum Gasteiger partial charge on any atom is 0.0645 e. The van der Waals surface area contributed by atoms with E-state index in [1.807, 2.05) is 0 Å². The summed E-state index contributed by atoms with van der Waals surface area (Å²) in [4.78, 5) is 0. The van der Waals surface area contributed by atoms with E-state index in [1.54, 1.807) is 0 Å². The van der Waals surface area contributed by atoms with Crippen molar-refractivity contribution in [3.63, 3.8) is 0 Å². The molecule has 96 valence electrons. The highest BCUT2D eigenvalue weighted by Crippen LogP contribution is 2.31. The van der Waals surface area contributed by atoms with E-state index in [-0.39, 0.29) is 33.4 Å². The Morgan fingerprint density at radius 2 is 1.40 bits per heavy atom.